The molecule has 1 rings (SSSR count). The summed E-state index contributed by atoms with van der Waals surface area (Å²) in [4.78, 5) is 22.4. The number of carboxylic acid groups (broad SMARTS) is 1. The first-order valence-corrected chi connectivity index (χ1v) is 7.39. The summed E-state index contributed by atoms with van der Waals surface area (Å²) in [6, 6.07) is 7.18. The highest BCUT2D eigenvalue weighted by atomic mass is 16.4. The van der Waals surface area contributed by atoms with Crippen LogP contribution >= 0.6 is 0 Å². The minimum absolute atomic E-state index is 0.0870. The van der Waals surface area contributed by atoms with Crippen LogP contribution in [0.2, 0.25) is 0 Å². The molecule has 116 valence electrons. The van der Waals surface area contributed by atoms with Crippen molar-refractivity contribution in [1.29, 1.82) is 0 Å². The number of nitrogens with one attached hydrogen (secondary N) is 2. The van der Waals surface area contributed by atoms with Crippen LogP contribution in [0.1, 0.15) is 45.1 Å². The smallest absolute Gasteiger partial charge is 0.319 e. The lowest BCUT2D eigenvalue weighted by atomic mass is 10.1. The van der Waals surface area contributed by atoms with Crippen molar-refractivity contribution in [1.82, 2.24) is 5.32 Å². The van der Waals surface area contributed by atoms with Gasteiger partial charge in [0.25, 0.3) is 0 Å². The number of urea groups is 1. The summed E-state index contributed by atoms with van der Waals surface area (Å²) >= 11 is 0. The fourth-order valence-corrected chi connectivity index (χ4v) is 2.03. The zero-order valence-corrected chi connectivity index (χ0v) is 12.7. The second-order valence-corrected chi connectivity index (χ2v) is 5.24. The minimum Gasteiger partial charge on any atom is -0.481 e. The number of carboxylic acids is 1. The van der Waals surface area contributed by atoms with Gasteiger partial charge in [-0.25, -0.2) is 4.79 Å². The molecule has 5 heteroatoms. The first-order valence-electron chi connectivity index (χ1n) is 7.39. The molecule has 1 atom stereocenters. The highest BCUT2D eigenvalue weighted by Gasteiger charge is 2.07. The van der Waals surface area contributed by atoms with E-state index in [0.29, 0.717) is 12.1 Å². The number of hydrogen-bond acceptors (Lipinski definition) is 2. The van der Waals surface area contributed by atoms with E-state index in [0.717, 1.165) is 24.8 Å². The van der Waals surface area contributed by atoms with E-state index >= 15 is 0 Å². The van der Waals surface area contributed by atoms with E-state index in [2.05, 4.69) is 17.6 Å². The van der Waals surface area contributed by atoms with Gasteiger partial charge in [-0.3, -0.25) is 4.79 Å². The summed E-state index contributed by atoms with van der Waals surface area (Å²) in [5.74, 6) is -0.823. The van der Waals surface area contributed by atoms with Gasteiger partial charge < -0.3 is 15.7 Å². The standard InChI is InChI=1S/C16H24N2O3/c1-3-4-6-12(2)17-16(21)18-14-8-5-7-13(11-14)9-10-15(19)20/h5,7-8,11-12H,3-4,6,9-10H2,1-2H3,(H,19,20)(H2,17,18,21). The van der Waals surface area contributed by atoms with Gasteiger partial charge in [0.2, 0.25) is 0 Å². The molecule has 0 aliphatic carbocycles. The van der Waals surface area contributed by atoms with E-state index in [1.165, 1.54) is 0 Å². The van der Waals surface area contributed by atoms with Crippen LogP contribution in [0.4, 0.5) is 10.5 Å². The highest BCUT2D eigenvalue weighted by Crippen LogP contribution is 2.12. The van der Waals surface area contributed by atoms with Crippen LogP contribution in [0.25, 0.3) is 0 Å². The molecule has 0 radical (unpaired) electrons. The Balaban J connectivity index is 2.48. The molecule has 3 N–H and O–H groups in total. The monoisotopic (exact) mass is 292 g/mol. The minimum atomic E-state index is -0.823. The number of aryl methyl sites for hydroxylation is 1. The molecule has 0 saturated heterocycles. The van der Waals surface area contributed by atoms with Gasteiger partial charge in [-0.1, -0.05) is 31.9 Å². The quantitative estimate of drug-likeness (QED) is 0.687. The third-order valence-electron chi connectivity index (χ3n) is 3.18. The van der Waals surface area contributed by atoms with Crippen molar-refractivity contribution in [3.63, 3.8) is 0 Å². The van der Waals surface area contributed by atoms with E-state index in [9.17, 15) is 9.59 Å². The summed E-state index contributed by atoms with van der Waals surface area (Å²) in [7, 11) is 0. The molecule has 5 nitrogen and oxygen atoms in total. The lowest BCUT2D eigenvalue weighted by molar-refractivity contribution is -0.136. The number of rotatable bonds is 8. The number of anilines is 1. The maximum absolute atomic E-state index is 11.8. The molecule has 0 aliphatic heterocycles. The van der Waals surface area contributed by atoms with E-state index in [4.69, 9.17) is 5.11 Å². The van der Waals surface area contributed by atoms with Crippen molar-refractivity contribution in [3.8, 4) is 0 Å². The fraction of sp³-hybridized carbons (Fsp3) is 0.500. The summed E-state index contributed by atoms with van der Waals surface area (Å²) in [5, 5.41) is 14.3. The van der Waals surface area contributed by atoms with Gasteiger partial charge in [-0.2, -0.15) is 0 Å². The van der Waals surface area contributed by atoms with Gasteiger partial charge in [-0.15, -0.1) is 0 Å². The summed E-state index contributed by atoms with van der Waals surface area (Å²) < 4.78 is 0. The number of carbonyl (C=O) groups excluding carboxylic acids is 1. The molecule has 0 fully saturated rings. The molecule has 2 amide bonds. The fourth-order valence-electron chi connectivity index (χ4n) is 2.03. The molecule has 1 unspecified atom stereocenters. The van der Waals surface area contributed by atoms with Crippen LogP contribution < -0.4 is 10.6 Å². The van der Waals surface area contributed by atoms with Crippen molar-refractivity contribution >= 4 is 17.7 Å². The van der Waals surface area contributed by atoms with Gasteiger partial charge in [0.1, 0.15) is 0 Å². The van der Waals surface area contributed by atoms with Gasteiger partial charge in [0, 0.05) is 18.2 Å². The Labute approximate surface area is 125 Å². The summed E-state index contributed by atoms with van der Waals surface area (Å²) in [6.45, 7) is 4.11. The second kappa shape index (κ2) is 9.00. The first-order chi connectivity index (χ1) is 10.0. The Bertz CT molecular complexity index is 474. The highest BCUT2D eigenvalue weighted by molar-refractivity contribution is 5.89. The van der Waals surface area contributed by atoms with Gasteiger partial charge >= 0.3 is 12.0 Å². The molecular weight excluding hydrogens is 268 g/mol. The van der Waals surface area contributed by atoms with Crippen molar-refractivity contribution in [2.75, 3.05) is 5.32 Å². The maximum Gasteiger partial charge on any atom is 0.319 e. The predicted molar refractivity (Wildman–Crippen MR) is 83.5 cm³/mol. The SMILES string of the molecule is CCCCC(C)NC(=O)Nc1cccc(CCC(=O)O)c1. The van der Waals surface area contributed by atoms with Crippen LogP contribution in [0, 0.1) is 0 Å². The molecule has 21 heavy (non-hydrogen) atoms. The average Bonchev–Trinajstić information content (AvgIpc) is 2.43. The van der Waals surface area contributed by atoms with Crippen LogP contribution in [0.5, 0.6) is 0 Å². The molecule has 1 aromatic rings. The lowest BCUT2D eigenvalue weighted by Gasteiger charge is -2.14. The Hall–Kier alpha value is -2.04. The van der Waals surface area contributed by atoms with Crippen LogP contribution in [0.15, 0.2) is 24.3 Å². The van der Waals surface area contributed by atoms with Gasteiger partial charge in [-0.05, 0) is 37.5 Å². The van der Waals surface area contributed by atoms with Crippen molar-refractivity contribution in [2.24, 2.45) is 0 Å². The number of aliphatic carboxylic acids is 1. The first kappa shape index (κ1) is 17.0. The third kappa shape index (κ3) is 7.34. The summed E-state index contributed by atoms with van der Waals surface area (Å²) in [6.07, 6.45) is 3.71. The van der Waals surface area contributed by atoms with Crippen LogP contribution in [0.3, 0.4) is 0 Å². The molecule has 0 saturated carbocycles. The second-order valence-electron chi connectivity index (χ2n) is 5.24. The maximum atomic E-state index is 11.8. The average molecular weight is 292 g/mol. The molecule has 0 bridgehead atoms. The number of benzene rings is 1. The van der Waals surface area contributed by atoms with Gasteiger partial charge in [0.05, 0.1) is 0 Å². The van der Waals surface area contributed by atoms with Crippen molar-refractivity contribution in [2.45, 2.75) is 52.0 Å². The molecule has 0 heterocycles. The Morgan fingerprint density at radius 2 is 2.10 bits per heavy atom. The topological polar surface area (TPSA) is 78.4 Å². The zero-order valence-electron chi connectivity index (χ0n) is 12.7. The van der Waals surface area contributed by atoms with Gasteiger partial charge in [0.15, 0.2) is 0 Å². The number of unbranched alkanes of at least 4 members (excludes halogenated alkanes) is 1. The largest absolute Gasteiger partial charge is 0.481 e. The third-order valence-corrected chi connectivity index (χ3v) is 3.18. The Morgan fingerprint density at radius 3 is 2.76 bits per heavy atom. The van der Waals surface area contributed by atoms with E-state index in [1.54, 1.807) is 12.1 Å². The van der Waals surface area contributed by atoms with E-state index in [1.807, 2.05) is 19.1 Å². The molecule has 0 aliphatic rings. The van der Waals surface area contributed by atoms with E-state index < -0.39 is 5.97 Å². The Kier molecular flexibility index (Phi) is 7.29. The predicted octanol–water partition coefficient (Wildman–Crippen LogP) is 3.40. The number of hydrogen-bond donors (Lipinski definition) is 3. The van der Waals surface area contributed by atoms with Crippen molar-refractivity contribution in [3.05, 3.63) is 29.8 Å². The molecular formula is C16H24N2O3. The lowest BCUT2D eigenvalue weighted by Crippen LogP contribution is -2.36. The normalized spacial score (nSPS) is 11.7. The van der Waals surface area contributed by atoms with Crippen molar-refractivity contribution < 1.29 is 14.7 Å². The zero-order chi connectivity index (χ0) is 15.7. The number of carbonyl (C=O) groups is 2. The Morgan fingerprint density at radius 1 is 1.33 bits per heavy atom. The summed E-state index contributed by atoms with van der Waals surface area (Å²) in [5.41, 5.74) is 1.58. The molecule has 1 aromatic carbocycles. The number of amides is 2. The molecule has 0 spiro atoms. The van der Waals surface area contributed by atoms with E-state index in [-0.39, 0.29) is 18.5 Å². The van der Waals surface area contributed by atoms with Crippen LogP contribution in [-0.4, -0.2) is 23.1 Å². The molecule has 0 aromatic heterocycles. The van der Waals surface area contributed by atoms with Crippen LogP contribution in [-0.2, 0) is 11.2 Å².